The van der Waals surface area contributed by atoms with Gasteiger partial charge in [0.05, 0.1) is 13.1 Å². The zero-order chi connectivity index (χ0) is 14.4. The lowest BCUT2D eigenvalue weighted by atomic mass is 10.1. The first-order valence-electron chi connectivity index (χ1n) is 6.23. The number of rotatable bonds is 5. The van der Waals surface area contributed by atoms with Crippen molar-refractivity contribution in [1.82, 2.24) is 10.6 Å². The van der Waals surface area contributed by atoms with E-state index < -0.39 is 0 Å². The van der Waals surface area contributed by atoms with Crippen LogP contribution < -0.4 is 16.0 Å². The fraction of sp³-hybridized carbons (Fsp3) is 0.429. The average molecular weight is 300 g/mol. The van der Waals surface area contributed by atoms with Gasteiger partial charge in [0, 0.05) is 5.69 Å². The molecule has 6 heteroatoms. The Bertz CT molecular complexity index is 466. The molecule has 0 saturated heterocycles. The standard InChI is InChI=1S/C14H21N3O2.ClH/c1-9-5-10(2)14(11(3)6-9)17-13(19)8-16-12(18)7-15-4;/h5-6,15H,7-8H2,1-4H3,(H,16,18)(H,17,19);1H. The highest BCUT2D eigenvalue weighted by molar-refractivity contribution is 5.96. The first-order chi connectivity index (χ1) is 8.93. The van der Waals surface area contributed by atoms with Crippen LogP contribution in [0.3, 0.4) is 0 Å². The molecule has 1 aromatic rings. The van der Waals surface area contributed by atoms with Crippen molar-refractivity contribution in [2.75, 3.05) is 25.5 Å². The summed E-state index contributed by atoms with van der Waals surface area (Å²) in [5, 5.41) is 8.09. The summed E-state index contributed by atoms with van der Waals surface area (Å²) in [6.45, 7) is 6.11. The molecule has 0 atom stereocenters. The smallest absolute Gasteiger partial charge is 0.243 e. The minimum atomic E-state index is -0.223. The summed E-state index contributed by atoms with van der Waals surface area (Å²) >= 11 is 0. The van der Waals surface area contributed by atoms with E-state index in [1.165, 1.54) is 0 Å². The van der Waals surface area contributed by atoms with E-state index in [1.807, 2.05) is 32.9 Å². The van der Waals surface area contributed by atoms with Crippen LogP contribution in [0.4, 0.5) is 5.69 Å². The van der Waals surface area contributed by atoms with E-state index in [9.17, 15) is 9.59 Å². The Morgan fingerprint density at radius 2 is 1.55 bits per heavy atom. The fourth-order valence-corrected chi connectivity index (χ4v) is 1.96. The van der Waals surface area contributed by atoms with E-state index >= 15 is 0 Å². The Morgan fingerprint density at radius 3 is 2.05 bits per heavy atom. The number of anilines is 1. The lowest BCUT2D eigenvalue weighted by Gasteiger charge is -2.13. The summed E-state index contributed by atoms with van der Waals surface area (Å²) in [6, 6.07) is 4.03. The minimum Gasteiger partial charge on any atom is -0.346 e. The first kappa shape index (κ1) is 18.4. The van der Waals surface area contributed by atoms with Crippen LogP contribution in [-0.4, -0.2) is 32.0 Å². The first-order valence-corrected chi connectivity index (χ1v) is 6.23. The molecule has 0 unspecified atom stereocenters. The van der Waals surface area contributed by atoms with Gasteiger partial charge in [-0.15, -0.1) is 12.4 Å². The molecule has 0 bridgehead atoms. The Morgan fingerprint density at radius 1 is 1.00 bits per heavy atom. The predicted octanol–water partition coefficient (Wildman–Crippen LogP) is 1.31. The normalized spacial score (nSPS) is 9.60. The third kappa shape index (κ3) is 5.59. The maximum absolute atomic E-state index is 11.8. The van der Waals surface area contributed by atoms with Crippen LogP contribution in [0.1, 0.15) is 16.7 Å². The molecule has 1 aromatic carbocycles. The summed E-state index contributed by atoms with van der Waals surface area (Å²) < 4.78 is 0. The number of amides is 2. The van der Waals surface area contributed by atoms with Gasteiger partial charge >= 0.3 is 0 Å². The van der Waals surface area contributed by atoms with Crippen molar-refractivity contribution < 1.29 is 9.59 Å². The molecule has 0 heterocycles. The molecule has 2 amide bonds. The zero-order valence-electron chi connectivity index (χ0n) is 12.3. The molecule has 0 aliphatic rings. The van der Waals surface area contributed by atoms with Gasteiger partial charge in [0.15, 0.2) is 0 Å². The van der Waals surface area contributed by atoms with Crippen molar-refractivity contribution in [3.63, 3.8) is 0 Å². The minimum absolute atomic E-state index is 0. The number of aryl methyl sites for hydroxylation is 3. The molecule has 5 nitrogen and oxygen atoms in total. The molecule has 0 radical (unpaired) electrons. The van der Waals surface area contributed by atoms with Gasteiger partial charge in [-0.25, -0.2) is 0 Å². The summed E-state index contributed by atoms with van der Waals surface area (Å²) in [6.07, 6.45) is 0. The van der Waals surface area contributed by atoms with Gasteiger partial charge in [0.1, 0.15) is 0 Å². The van der Waals surface area contributed by atoms with Crippen molar-refractivity contribution in [2.24, 2.45) is 0 Å². The van der Waals surface area contributed by atoms with Crippen molar-refractivity contribution in [3.8, 4) is 0 Å². The summed E-state index contributed by atoms with van der Waals surface area (Å²) in [5.74, 6) is -0.422. The molecule has 112 valence electrons. The van der Waals surface area contributed by atoms with Gasteiger partial charge in [0.25, 0.3) is 0 Å². The number of hydrogen-bond acceptors (Lipinski definition) is 3. The van der Waals surface area contributed by atoms with Gasteiger partial charge in [-0.1, -0.05) is 17.7 Å². The molecule has 0 aromatic heterocycles. The third-order valence-corrected chi connectivity index (χ3v) is 2.72. The predicted molar refractivity (Wildman–Crippen MR) is 83.5 cm³/mol. The number of benzene rings is 1. The quantitative estimate of drug-likeness (QED) is 0.768. The number of carbonyl (C=O) groups excluding carboxylic acids is 2. The average Bonchev–Trinajstić information content (AvgIpc) is 2.31. The van der Waals surface area contributed by atoms with E-state index in [0.29, 0.717) is 0 Å². The van der Waals surface area contributed by atoms with Crippen LogP contribution in [-0.2, 0) is 9.59 Å². The Labute approximate surface area is 125 Å². The molecule has 0 spiro atoms. The lowest BCUT2D eigenvalue weighted by molar-refractivity contribution is -0.123. The Hall–Kier alpha value is -1.59. The summed E-state index contributed by atoms with van der Waals surface area (Å²) in [4.78, 5) is 23.0. The second-order valence-electron chi connectivity index (χ2n) is 4.63. The van der Waals surface area contributed by atoms with Crippen molar-refractivity contribution >= 4 is 29.9 Å². The topological polar surface area (TPSA) is 70.2 Å². The highest BCUT2D eigenvalue weighted by atomic mass is 35.5. The van der Waals surface area contributed by atoms with E-state index in [4.69, 9.17) is 0 Å². The molecule has 0 saturated carbocycles. The number of hydrogen-bond donors (Lipinski definition) is 3. The molecular formula is C14H22ClN3O2. The van der Waals surface area contributed by atoms with E-state index in [2.05, 4.69) is 16.0 Å². The van der Waals surface area contributed by atoms with Crippen LogP contribution in [0, 0.1) is 20.8 Å². The van der Waals surface area contributed by atoms with E-state index in [0.717, 1.165) is 22.4 Å². The van der Waals surface area contributed by atoms with E-state index in [1.54, 1.807) is 7.05 Å². The van der Waals surface area contributed by atoms with Gasteiger partial charge < -0.3 is 16.0 Å². The van der Waals surface area contributed by atoms with Crippen LogP contribution in [0.2, 0.25) is 0 Å². The van der Waals surface area contributed by atoms with Crippen molar-refractivity contribution in [2.45, 2.75) is 20.8 Å². The van der Waals surface area contributed by atoms with Gasteiger partial charge in [0.2, 0.25) is 11.8 Å². The highest BCUT2D eigenvalue weighted by Crippen LogP contribution is 2.21. The van der Waals surface area contributed by atoms with Crippen LogP contribution in [0.25, 0.3) is 0 Å². The summed E-state index contributed by atoms with van der Waals surface area (Å²) in [7, 11) is 1.68. The molecule has 0 aliphatic carbocycles. The van der Waals surface area contributed by atoms with Crippen LogP contribution >= 0.6 is 12.4 Å². The maximum atomic E-state index is 11.8. The van der Waals surface area contributed by atoms with Crippen molar-refractivity contribution in [1.29, 1.82) is 0 Å². The van der Waals surface area contributed by atoms with Gasteiger partial charge in [-0.05, 0) is 38.9 Å². The van der Waals surface area contributed by atoms with Crippen molar-refractivity contribution in [3.05, 3.63) is 28.8 Å². The number of halogens is 1. The summed E-state index contributed by atoms with van der Waals surface area (Å²) in [5.41, 5.74) is 4.02. The number of nitrogens with one attached hydrogen (secondary N) is 3. The van der Waals surface area contributed by atoms with E-state index in [-0.39, 0.29) is 37.3 Å². The highest BCUT2D eigenvalue weighted by Gasteiger charge is 2.09. The largest absolute Gasteiger partial charge is 0.346 e. The number of carbonyl (C=O) groups is 2. The monoisotopic (exact) mass is 299 g/mol. The molecule has 1 rings (SSSR count). The van der Waals surface area contributed by atoms with Crippen LogP contribution in [0.15, 0.2) is 12.1 Å². The van der Waals surface area contributed by atoms with Gasteiger partial charge in [-0.3, -0.25) is 9.59 Å². The molecule has 20 heavy (non-hydrogen) atoms. The second-order valence-corrected chi connectivity index (χ2v) is 4.63. The van der Waals surface area contributed by atoms with Gasteiger partial charge in [-0.2, -0.15) is 0 Å². The lowest BCUT2D eigenvalue weighted by Crippen LogP contribution is -2.37. The molecule has 0 fully saturated rings. The Balaban J connectivity index is 0.00000361. The number of likely N-dealkylation sites (N-methyl/N-ethyl adjacent to an activating group) is 1. The molecule has 3 N–H and O–H groups in total. The molecule has 0 aliphatic heterocycles. The van der Waals surface area contributed by atoms with Crippen LogP contribution in [0.5, 0.6) is 0 Å². The third-order valence-electron chi connectivity index (χ3n) is 2.72. The molecular weight excluding hydrogens is 278 g/mol. The fourth-order valence-electron chi connectivity index (χ4n) is 1.96. The SMILES string of the molecule is CNCC(=O)NCC(=O)Nc1c(C)cc(C)cc1C.Cl. The second kappa shape index (κ2) is 8.55. The maximum Gasteiger partial charge on any atom is 0.243 e. The zero-order valence-corrected chi connectivity index (χ0v) is 13.1. The Kier molecular flexibility index (Phi) is 7.87.